The molecule has 5 nitrogen and oxygen atoms in total. The number of amides is 1. The van der Waals surface area contributed by atoms with Crippen molar-refractivity contribution in [2.75, 3.05) is 31.5 Å². The quantitative estimate of drug-likeness (QED) is 0.864. The molecule has 0 radical (unpaired) electrons. The van der Waals surface area contributed by atoms with E-state index >= 15 is 0 Å². The SMILES string of the molecule is N#Cc1ccsc1NC(=O)CCN1CCCC(CN)C1. The molecule has 0 saturated carbocycles. The van der Waals surface area contributed by atoms with Crippen LogP contribution in [0, 0.1) is 17.2 Å². The lowest BCUT2D eigenvalue weighted by atomic mass is 9.98. The molecule has 1 atom stereocenters. The highest BCUT2D eigenvalue weighted by atomic mass is 32.1. The number of thiophene rings is 1. The van der Waals surface area contributed by atoms with Gasteiger partial charge in [0.05, 0.1) is 5.56 Å². The van der Waals surface area contributed by atoms with Crippen molar-refractivity contribution < 1.29 is 4.79 Å². The molecule has 1 amide bonds. The van der Waals surface area contributed by atoms with Gasteiger partial charge in [-0.25, -0.2) is 0 Å². The van der Waals surface area contributed by atoms with Gasteiger partial charge in [-0.2, -0.15) is 5.26 Å². The van der Waals surface area contributed by atoms with Gasteiger partial charge in [0, 0.05) is 19.5 Å². The average Bonchev–Trinajstić information content (AvgIpc) is 2.92. The Kier molecular flexibility index (Phi) is 5.53. The van der Waals surface area contributed by atoms with Gasteiger partial charge in [-0.05, 0) is 43.3 Å². The predicted molar refractivity (Wildman–Crippen MR) is 80.5 cm³/mol. The summed E-state index contributed by atoms with van der Waals surface area (Å²) in [6.07, 6.45) is 2.81. The number of hydrogen-bond acceptors (Lipinski definition) is 5. The molecule has 1 saturated heterocycles. The molecule has 0 aliphatic carbocycles. The van der Waals surface area contributed by atoms with Crippen molar-refractivity contribution in [1.82, 2.24) is 4.90 Å². The number of piperidine rings is 1. The summed E-state index contributed by atoms with van der Waals surface area (Å²) < 4.78 is 0. The molecule has 0 bridgehead atoms. The summed E-state index contributed by atoms with van der Waals surface area (Å²) in [5.41, 5.74) is 6.24. The average molecular weight is 292 g/mol. The van der Waals surface area contributed by atoms with Gasteiger partial charge in [0.1, 0.15) is 11.1 Å². The van der Waals surface area contributed by atoms with E-state index < -0.39 is 0 Å². The first-order valence-corrected chi connectivity index (χ1v) is 7.80. The number of nitrogens with one attached hydrogen (secondary N) is 1. The van der Waals surface area contributed by atoms with Gasteiger partial charge < -0.3 is 16.0 Å². The molecule has 1 fully saturated rings. The molecule has 6 heteroatoms. The zero-order chi connectivity index (χ0) is 14.4. The molecule has 2 rings (SSSR count). The summed E-state index contributed by atoms with van der Waals surface area (Å²) in [7, 11) is 0. The fraction of sp³-hybridized carbons (Fsp3) is 0.571. The second-order valence-corrected chi connectivity index (χ2v) is 6.03. The molecule has 1 aliphatic rings. The van der Waals surface area contributed by atoms with E-state index in [0.29, 0.717) is 22.9 Å². The van der Waals surface area contributed by atoms with Crippen LogP contribution in [0.15, 0.2) is 11.4 Å². The van der Waals surface area contributed by atoms with E-state index in [0.717, 1.165) is 32.6 Å². The predicted octanol–water partition coefficient (Wildman–Crippen LogP) is 1.62. The van der Waals surface area contributed by atoms with Crippen LogP contribution in [0.5, 0.6) is 0 Å². The molecule has 1 aliphatic heterocycles. The molecule has 1 unspecified atom stereocenters. The fourth-order valence-corrected chi connectivity index (χ4v) is 3.24. The Balaban J connectivity index is 1.76. The molecule has 0 spiro atoms. The monoisotopic (exact) mass is 292 g/mol. The van der Waals surface area contributed by atoms with Crippen molar-refractivity contribution >= 4 is 22.2 Å². The molecular formula is C14H20N4OS. The lowest BCUT2D eigenvalue weighted by molar-refractivity contribution is -0.116. The Morgan fingerprint density at radius 1 is 1.65 bits per heavy atom. The van der Waals surface area contributed by atoms with Gasteiger partial charge in [-0.3, -0.25) is 4.79 Å². The van der Waals surface area contributed by atoms with Crippen molar-refractivity contribution in [1.29, 1.82) is 5.26 Å². The Bertz CT molecular complexity index is 494. The lowest BCUT2D eigenvalue weighted by Crippen LogP contribution is -2.39. The Morgan fingerprint density at radius 3 is 3.25 bits per heavy atom. The van der Waals surface area contributed by atoms with Crippen molar-refractivity contribution in [3.05, 3.63) is 17.0 Å². The van der Waals surface area contributed by atoms with Crippen LogP contribution in [0.2, 0.25) is 0 Å². The molecule has 1 aromatic heterocycles. The number of nitrogens with two attached hydrogens (primary N) is 1. The van der Waals surface area contributed by atoms with Gasteiger partial charge >= 0.3 is 0 Å². The van der Waals surface area contributed by atoms with Crippen LogP contribution in [0.3, 0.4) is 0 Å². The maximum absolute atomic E-state index is 11.9. The van der Waals surface area contributed by atoms with E-state index in [1.807, 2.05) is 5.38 Å². The van der Waals surface area contributed by atoms with Crippen LogP contribution in [-0.4, -0.2) is 37.0 Å². The van der Waals surface area contributed by atoms with Crippen LogP contribution >= 0.6 is 11.3 Å². The van der Waals surface area contributed by atoms with Crippen LogP contribution in [0.1, 0.15) is 24.8 Å². The van der Waals surface area contributed by atoms with Crippen molar-refractivity contribution in [3.63, 3.8) is 0 Å². The Morgan fingerprint density at radius 2 is 2.50 bits per heavy atom. The smallest absolute Gasteiger partial charge is 0.226 e. The van der Waals surface area contributed by atoms with E-state index in [2.05, 4.69) is 16.3 Å². The van der Waals surface area contributed by atoms with Gasteiger partial charge in [-0.1, -0.05) is 0 Å². The number of nitrogens with zero attached hydrogens (tertiary/aromatic N) is 2. The highest BCUT2D eigenvalue weighted by Crippen LogP contribution is 2.22. The zero-order valence-corrected chi connectivity index (χ0v) is 12.3. The Labute approximate surface area is 123 Å². The van der Waals surface area contributed by atoms with E-state index in [1.54, 1.807) is 6.07 Å². The van der Waals surface area contributed by atoms with Gasteiger partial charge in [0.2, 0.25) is 5.91 Å². The van der Waals surface area contributed by atoms with Crippen LogP contribution in [-0.2, 0) is 4.79 Å². The first-order valence-electron chi connectivity index (χ1n) is 6.92. The molecule has 0 aromatic carbocycles. The number of rotatable bonds is 5. The minimum atomic E-state index is -0.0289. The standard InChI is InChI=1S/C14H20N4OS/c15-8-11-2-1-5-18(10-11)6-3-13(19)17-14-12(9-16)4-7-20-14/h4,7,11H,1-3,5-6,8,10,15H2,(H,17,19). The fourth-order valence-electron chi connectivity index (χ4n) is 2.49. The van der Waals surface area contributed by atoms with E-state index in [9.17, 15) is 4.79 Å². The highest BCUT2D eigenvalue weighted by Gasteiger charge is 2.19. The third-order valence-corrected chi connectivity index (χ3v) is 4.46. The number of anilines is 1. The first-order chi connectivity index (χ1) is 9.72. The van der Waals surface area contributed by atoms with Crippen LogP contribution < -0.4 is 11.1 Å². The number of nitriles is 1. The second kappa shape index (κ2) is 7.39. The van der Waals surface area contributed by atoms with Crippen molar-refractivity contribution in [2.45, 2.75) is 19.3 Å². The van der Waals surface area contributed by atoms with Gasteiger partial charge in [0.25, 0.3) is 0 Å². The number of likely N-dealkylation sites (tertiary alicyclic amines) is 1. The summed E-state index contributed by atoms with van der Waals surface area (Å²) in [6, 6.07) is 3.79. The first kappa shape index (κ1) is 15.0. The summed E-state index contributed by atoms with van der Waals surface area (Å²) in [6.45, 7) is 3.53. The lowest BCUT2D eigenvalue weighted by Gasteiger charge is -2.31. The largest absolute Gasteiger partial charge is 0.330 e. The summed E-state index contributed by atoms with van der Waals surface area (Å²) >= 11 is 1.38. The van der Waals surface area contributed by atoms with E-state index in [1.165, 1.54) is 17.8 Å². The van der Waals surface area contributed by atoms with Crippen LogP contribution in [0.4, 0.5) is 5.00 Å². The summed E-state index contributed by atoms with van der Waals surface area (Å²) in [5, 5.41) is 14.2. The molecule has 2 heterocycles. The van der Waals surface area contributed by atoms with Crippen molar-refractivity contribution in [2.24, 2.45) is 11.7 Å². The maximum Gasteiger partial charge on any atom is 0.226 e. The number of carbonyl (C=O) groups excluding carboxylic acids is 1. The Hall–Kier alpha value is -1.42. The minimum Gasteiger partial charge on any atom is -0.330 e. The second-order valence-electron chi connectivity index (χ2n) is 5.12. The third kappa shape index (κ3) is 4.04. The number of carbonyl (C=O) groups is 1. The molecular weight excluding hydrogens is 272 g/mol. The number of hydrogen-bond donors (Lipinski definition) is 2. The molecule has 1 aromatic rings. The molecule has 3 N–H and O–H groups in total. The van der Waals surface area contributed by atoms with Crippen molar-refractivity contribution in [3.8, 4) is 6.07 Å². The minimum absolute atomic E-state index is 0.0289. The highest BCUT2D eigenvalue weighted by molar-refractivity contribution is 7.14. The molecule has 108 valence electrons. The maximum atomic E-state index is 11.9. The van der Waals surface area contributed by atoms with E-state index in [-0.39, 0.29) is 5.91 Å². The molecule has 20 heavy (non-hydrogen) atoms. The normalized spacial score (nSPS) is 19.5. The van der Waals surface area contributed by atoms with Gasteiger partial charge in [-0.15, -0.1) is 11.3 Å². The topological polar surface area (TPSA) is 82.2 Å². The summed E-state index contributed by atoms with van der Waals surface area (Å²) in [4.78, 5) is 14.2. The zero-order valence-electron chi connectivity index (χ0n) is 11.5. The summed E-state index contributed by atoms with van der Waals surface area (Å²) in [5.74, 6) is 0.535. The third-order valence-electron chi connectivity index (χ3n) is 3.63. The van der Waals surface area contributed by atoms with E-state index in [4.69, 9.17) is 11.0 Å². The van der Waals surface area contributed by atoms with Crippen LogP contribution in [0.25, 0.3) is 0 Å². The van der Waals surface area contributed by atoms with Gasteiger partial charge in [0.15, 0.2) is 0 Å².